The summed E-state index contributed by atoms with van der Waals surface area (Å²) in [5, 5.41) is 0. The maximum absolute atomic E-state index is 11.3. The molecule has 0 fully saturated rings. The summed E-state index contributed by atoms with van der Waals surface area (Å²) in [5.41, 5.74) is 5.42. The van der Waals surface area contributed by atoms with Gasteiger partial charge in [-0.2, -0.15) is 0 Å². The summed E-state index contributed by atoms with van der Waals surface area (Å²) in [5.74, 6) is 0.715. The molecule has 2 heteroatoms. The van der Waals surface area contributed by atoms with Crippen molar-refractivity contribution < 1.29 is 4.79 Å². The van der Waals surface area contributed by atoms with Crippen LogP contribution in [0.15, 0.2) is 12.2 Å². The van der Waals surface area contributed by atoms with Crippen molar-refractivity contribution in [3.63, 3.8) is 0 Å². The van der Waals surface area contributed by atoms with Crippen LogP contribution < -0.4 is 5.73 Å². The lowest BCUT2D eigenvalue weighted by Gasteiger charge is -2.24. The van der Waals surface area contributed by atoms with E-state index in [1.807, 2.05) is 0 Å². The van der Waals surface area contributed by atoms with Gasteiger partial charge in [-0.15, -0.1) is 0 Å². The van der Waals surface area contributed by atoms with Crippen LogP contribution in [0.2, 0.25) is 0 Å². The number of amides is 1. The van der Waals surface area contributed by atoms with Gasteiger partial charge in [0.1, 0.15) is 0 Å². The van der Waals surface area contributed by atoms with Gasteiger partial charge < -0.3 is 5.73 Å². The van der Waals surface area contributed by atoms with Gasteiger partial charge in [0.15, 0.2) is 0 Å². The van der Waals surface area contributed by atoms with Crippen LogP contribution in [-0.2, 0) is 4.79 Å². The van der Waals surface area contributed by atoms with Gasteiger partial charge in [-0.05, 0) is 24.7 Å². The first-order chi connectivity index (χ1) is 6.16. The van der Waals surface area contributed by atoms with Gasteiger partial charge in [0, 0.05) is 5.92 Å². The zero-order chi connectivity index (χ0) is 9.84. The van der Waals surface area contributed by atoms with E-state index in [0.717, 1.165) is 19.3 Å². The molecular weight excluding hydrogens is 162 g/mol. The molecule has 0 saturated heterocycles. The van der Waals surface area contributed by atoms with Crippen molar-refractivity contribution in [3.05, 3.63) is 12.2 Å². The van der Waals surface area contributed by atoms with Crippen molar-refractivity contribution in [3.8, 4) is 0 Å². The third kappa shape index (κ3) is 2.33. The highest BCUT2D eigenvalue weighted by atomic mass is 16.1. The van der Waals surface area contributed by atoms with Crippen molar-refractivity contribution in [2.24, 2.45) is 23.5 Å². The predicted octanol–water partition coefficient (Wildman–Crippen LogP) is 2.10. The Hall–Kier alpha value is -0.790. The molecule has 1 aliphatic carbocycles. The van der Waals surface area contributed by atoms with Crippen LogP contribution in [0.25, 0.3) is 0 Å². The van der Waals surface area contributed by atoms with Crippen LogP contribution >= 0.6 is 0 Å². The Bertz CT molecular complexity index is 210. The minimum Gasteiger partial charge on any atom is -0.369 e. The van der Waals surface area contributed by atoms with Gasteiger partial charge in [0.05, 0.1) is 0 Å². The Morgan fingerprint density at radius 2 is 2.38 bits per heavy atom. The summed E-state index contributed by atoms with van der Waals surface area (Å²) in [6.07, 6.45) is 7.53. The molecule has 0 radical (unpaired) electrons. The topological polar surface area (TPSA) is 43.1 Å². The van der Waals surface area contributed by atoms with Gasteiger partial charge in [-0.3, -0.25) is 4.79 Å². The Morgan fingerprint density at radius 3 is 2.77 bits per heavy atom. The van der Waals surface area contributed by atoms with Crippen molar-refractivity contribution in [1.29, 1.82) is 0 Å². The molecule has 0 heterocycles. The molecule has 2 N–H and O–H groups in total. The molecule has 0 spiro atoms. The lowest BCUT2D eigenvalue weighted by atomic mass is 9.80. The monoisotopic (exact) mass is 181 g/mol. The summed E-state index contributed by atoms with van der Waals surface area (Å²) >= 11 is 0. The van der Waals surface area contributed by atoms with Crippen LogP contribution in [-0.4, -0.2) is 5.91 Å². The van der Waals surface area contributed by atoms with Gasteiger partial charge in [0.2, 0.25) is 5.91 Å². The summed E-state index contributed by atoms with van der Waals surface area (Å²) < 4.78 is 0. The van der Waals surface area contributed by atoms with Crippen molar-refractivity contribution in [2.45, 2.75) is 33.1 Å². The van der Waals surface area contributed by atoms with Crippen molar-refractivity contribution in [2.75, 3.05) is 0 Å². The number of hydrogen-bond acceptors (Lipinski definition) is 1. The second kappa shape index (κ2) is 4.45. The second-order valence-corrected chi connectivity index (χ2v) is 3.98. The average Bonchev–Trinajstić information content (AvgIpc) is 2.56. The SMILES string of the molecule is CCC(C)C(C(N)=O)C1C=CCC1. The maximum atomic E-state index is 11.3. The van der Waals surface area contributed by atoms with E-state index >= 15 is 0 Å². The molecule has 1 rings (SSSR count). The minimum atomic E-state index is -0.133. The molecule has 0 saturated carbocycles. The molecule has 0 aliphatic heterocycles. The lowest BCUT2D eigenvalue weighted by Crippen LogP contribution is -2.33. The Labute approximate surface area is 80.2 Å². The van der Waals surface area contributed by atoms with Crippen LogP contribution in [0.1, 0.15) is 33.1 Å². The van der Waals surface area contributed by atoms with Gasteiger partial charge in [0.25, 0.3) is 0 Å². The van der Waals surface area contributed by atoms with E-state index in [1.54, 1.807) is 0 Å². The number of nitrogens with two attached hydrogens (primary N) is 1. The molecule has 1 aliphatic rings. The van der Waals surface area contributed by atoms with Crippen LogP contribution in [0.4, 0.5) is 0 Å². The van der Waals surface area contributed by atoms with E-state index in [2.05, 4.69) is 26.0 Å². The summed E-state index contributed by atoms with van der Waals surface area (Å²) in [6, 6.07) is 0. The maximum Gasteiger partial charge on any atom is 0.221 e. The fraction of sp³-hybridized carbons (Fsp3) is 0.727. The van der Waals surface area contributed by atoms with E-state index in [-0.39, 0.29) is 11.8 Å². The van der Waals surface area contributed by atoms with E-state index < -0.39 is 0 Å². The number of hydrogen-bond donors (Lipinski definition) is 1. The summed E-state index contributed by atoms with van der Waals surface area (Å²) in [6.45, 7) is 4.22. The molecule has 0 bridgehead atoms. The fourth-order valence-electron chi connectivity index (χ4n) is 2.12. The Kier molecular flexibility index (Phi) is 3.52. The van der Waals surface area contributed by atoms with E-state index in [1.165, 1.54) is 0 Å². The smallest absolute Gasteiger partial charge is 0.221 e. The Morgan fingerprint density at radius 1 is 1.69 bits per heavy atom. The van der Waals surface area contributed by atoms with Crippen LogP contribution in [0.3, 0.4) is 0 Å². The molecule has 0 aromatic rings. The minimum absolute atomic E-state index is 0.0451. The van der Waals surface area contributed by atoms with E-state index in [0.29, 0.717) is 11.8 Å². The highest BCUT2D eigenvalue weighted by Gasteiger charge is 2.29. The first-order valence-corrected chi connectivity index (χ1v) is 5.12. The molecule has 2 nitrogen and oxygen atoms in total. The first-order valence-electron chi connectivity index (χ1n) is 5.12. The lowest BCUT2D eigenvalue weighted by molar-refractivity contribution is -0.124. The van der Waals surface area contributed by atoms with Gasteiger partial charge >= 0.3 is 0 Å². The zero-order valence-corrected chi connectivity index (χ0v) is 8.49. The summed E-state index contributed by atoms with van der Waals surface area (Å²) in [4.78, 5) is 11.3. The molecule has 13 heavy (non-hydrogen) atoms. The van der Waals surface area contributed by atoms with Crippen LogP contribution in [0, 0.1) is 17.8 Å². The highest BCUT2D eigenvalue weighted by Crippen LogP contribution is 2.31. The van der Waals surface area contributed by atoms with Crippen molar-refractivity contribution in [1.82, 2.24) is 0 Å². The Balaban J connectivity index is 2.66. The summed E-state index contributed by atoms with van der Waals surface area (Å²) in [7, 11) is 0. The second-order valence-electron chi connectivity index (χ2n) is 3.98. The average molecular weight is 181 g/mol. The van der Waals surface area contributed by atoms with Crippen LogP contribution in [0.5, 0.6) is 0 Å². The molecule has 3 atom stereocenters. The third-order valence-corrected chi connectivity index (χ3v) is 3.10. The number of rotatable bonds is 4. The van der Waals surface area contributed by atoms with E-state index in [4.69, 9.17) is 5.73 Å². The quantitative estimate of drug-likeness (QED) is 0.663. The number of carbonyl (C=O) groups excluding carboxylic acids is 1. The van der Waals surface area contributed by atoms with Crippen molar-refractivity contribution >= 4 is 5.91 Å². The fourth-order valence-corrected chi connectivity index (χ4v) is 2.12. The number of primary amides is 1. The molecule has 0 aromatic carbocycles. The standard InChI is InChI=1S/C11H19NO/c1-3-8(2)10(11(12)13)9-6-4-5-7-9/h4,6,8-10H,3,5,7H2,1-2H3,(H2,12,13). The van der Waals surface area contributed by atoms with Gasteiger partial charge in [-0.25, -0.2) is 0 Å². The molecule has 74 valence electrons. The number of carbonyl (C=O) groups is 1. The van der Waals surface area contributed by atoms with E-state index in [9.17, 15) is 4.79 Å². The highest BCUT2D eigenvalue weighted by molar-refractivity contribution is 5.77. The predicted molar refractivity (Wildman–Crippen MR) is 54.0 cm³/mol. The zero-order valence-electron chi connectivity index (χ0n) is 8.49. The molecule has 1 amide bonds. The first kappa shape index (κ1) is 10.3. The normalized spacial score (nSPS) is 25.8. The molecular formula is C11H19NO. The molecule has 0 aromatic heterocycles. The number of allylic oxidation sites excluding steroid dienone is 2. The largest absolute Gasteiger partial charge is 0.369 e. The third-order valence-electron chi connectivity index (χ3n) is 3.10. The van der Waals surface area contributed by atoms with Gasteiger partial charge in [-0.1, -0.05) is 32.4 Å². The molecule has 3 unspecified atom stereocenters.